The number of carbonyl (C=O) groups is 1. The Hall–Kier alpha value is -3.20. The van der Waals surface area contributed by atoms with Crippen molar-refractivity contribution in [2.75, 3.05) is 18.4 Å². The maximum atomic E-state index is 13.4. The number of benzene rings is 1. The van der Waals surface area contributed by atoms with Crippen LogP contribution in [0.4, 0.5) is 18.9 Å². The largest absolute Gasteiger partial charge is 0.452 e. The van der Waals surface area contributed by atoms with Crippen LogP contribution in [0.3, 0.4) is 0 Å². The van der Waals surface area contributed by atoms with E-state index in [2.05, 4.69) is 20.6 Å². The summed E-state index contributed by atoms with van der Waals surface area (Å²) in [6.07, 6.45) is -1.48. The van der Waals surface area contributed by atoms with E-state index in [1.165, 1.54) is 6.20 Å². The lowest BCUT2D eigenvalue weighted by Gasteiger charge is -2.22. The second-order valence-electron chi connectivity index (χ2n) is 7.01. The van der Waals surface area contributed by atoms with E-state index in [-0.39, 0.29) is 11.6 Å². The highest BCUT2D eigenvalue weighted by Gasteiger charge is 2.42. The first-order valence-electron chi connectivity index (χ1n) is 9.53. The van der Waals surface area contributed by atoms with Gasteiger partial charge in [-0.3, -0.25) is 9.78 Å². The maximum Gasteiger partial charge on any atom is 0.452 e. The van der Waals surface area contributed by atoms with Gasteiger partial charge in [0.25, 0.3) is 5.91 Å². The number of hydrogen-bond donors (Lipinski definition) is 2. The van der Waals surface area contributed by atoms with E-state index in [1.807, 2.05) is 0 Å². The Morgan fingerprint density at radius 3 is 2.47 bits per heavy atom. The first-order valence-corrected chi connectivity index (χ1v) is 9.53. The molecule has 1 fully saturated rings. The molecule has 3 aromatic rings. The molecule has 6 nitrogen and oxygen atoms in total. The van der Waals surface area contributed by atoms with Crippen LogP contribution in [-0.2, 0) is 6.18 Å². The third kappa shape index (κ3) is 4.35. The molecule has 2 N–H and O–H groups in total. The molecular weight excluding hydrogens is 397 g/mol. The number of pyridine rings is 1. The van der Waals surface area contributed by atoms with Gasteiger partial charge in [0.2, 0.25) is 11.7 Å². The summed E-state index contributed by atoms with van der Waals surface area (Å²) in [5.74, 6) is -2.38. The van der Waals surface area contributed by atoms with Gasteiger partial charge < -0.3 is 15.1 Å². The van der Waals surface area contributed by atoms with Crippen LogP contribution in [0.15, 0.2) is 53.1 Å². The molecule has 1 aliphatic rings. The topological polar surface area (TPSA) is 80.0 Å². The number of alkyl halides is 3. The van der Waals surface area contributed by atoms with Crippen molar-refractivity contribution in [3.8, 4) is 11.5 Å². The van der Waals surface area contributed by atoms with Crippen LogP contribution in [-0.4, -0.2) is 29.0 Å². The summed E-state index contributed by atoms with van der Waals surface area (Å²) in [6, 6.07) is 11.5. The number of hydrogen-bond acceptors (Lipinski definition) is 5. The fraction of sp³-hybridized carbons (Fsp3) is 0.286. The number of anilines is 1. The van der Waals surface area contributed by atoms with E-state index < -0.39 is 23.5 Å². The average Bonchev–Trinajstić information content (AvgIpc) is 3.22. The predicted octanol–water partition coefficient (Wildman–Crippen LogP) is 4.47. The van der Waals surface area contributed by atoms with Crippen LogP contribution in [0.1, 0.15) is 40.7 Å². The van der Waals surface area contributed by atoms with E-state index in [9.17, 15) is 18.0 Å². The summed E-state index contributed by atoms with van der Waals surface area (Å²) in [7, 11) is 0. The zero-order valence-electron chi connectivity index (χ0n) is 15.9. The average molecular weight is 416 g/mol. The summed E-state index contributed by atoms with van der Waals surface area (Å²) < 4.78 is 45.1. The molecule has 9 heteroatoms. The van der Waals surface area contributed by atoms with Gasteiger partial charge in [0.05, 0.1) is 11.9 Å². The first kappa shape index (κ1) is 20.1. The van der Waals surface area contributed by atoms with Crippen molar-refractivity contribution in [2.45, 2.75) is 24.9 Å². The molecule has 0 atom stereocenters. The van der Waals surface area contributed by atoms with Crippen LogP contribution in [0.25, 0.3) is 11.5 Å². The minimum Gasteiger partial charge on any atom is -0.431 e. The lowest BCUT2D eigenvalue weighted by molar-refractivity contribution is -0.153. The fourth-order valence-corrected chi connectivity index (χ4v) is 3.40. The fourth-order valence-electron chi connectivity index (χ4n) is 3.40. The molecule has 30 heavy (non-hydrogen) atoms. The molecule has 4 rings (SSSR count). The van der Waals surface area contributed by atoms with Crippen molar-refractivity contribution < 1.29 is 22.4 Å². The SMILES string of the molecule is O=C(Nc1ccc(C2CCNCC2)nc1)c1nc(-c2ccccc2)oc1C(F)(F)F. The highest BCUT2D eigenvalue weighted by atomic mass is 19.4. The number of rotatable bonds is 4. The van der Waals surface area contributed by atoms with Crippen LogP contribution in [0.5, 0.6) is 0 Å². The number of nitrogens with zero attached hydrogens (tertiary/aromatic N) is 2. The number of oxazole rings is 1. The van der Waals surface area contributed by atoms with Crippen molar-refractivity contribution >= 4 is 11.6 Å². The predicted molar refractivity (Wildman–Crippen MR) is 104 cm³/mol. The summed E-state index contributed by atoms with van der Waals surface area (Å²) in [6.45, 7) is 1.84. The van der Waals surface area contributed by atoms with Gasteiger partial charge in [-0.05, 0) is 50.2 Å². The molecule has 0 radical (unpaired) electrons. The molecule has 0 bridgehead atoms. The molecule has 156 valence electrons. The third-order valence-corrected chi connectivity index (χ3v) is 4.92. The van der Waals surface area contributed by atoms with Gasteiger partial charge in [-0.25, -0.2) is 4.98 Å². The van der Waals surface area contributed by atoms with Crippen molar-refractivity contribution in [1.29, 1.82) is 0 Å². The van der Waals surface area contributed by atoms with Crippen LogP contribution in [0, 0.1) is 0 Å². The highest BCUT2D eigenvalue weighted by Crippen LogP contribution is 2.35. The summed E-state index contributed by atoms with van der Waals surface area (Å²) in [5.41, 5.74) is 0.715. The normalized spacial score (nSPS) is 15.2. The molecule has 1 amide bonds. The molecule has 3 heterocycles. The molecule has 1 aliphatic heterocycles. The summed E-state index contributed by atoms with van der Waals surface area (Å²) >= 11 is 0. The molecule has 2 aromatic heterocycles. The van der Waals surface area contributed by atoms with E-state index in [4.69, 9.17) is 4.42 Å². The number of nitrogens with one attached hydrogen (secondary N) is 2. The highest BCUT2D eigenvalue weighted by molar-refractivity contribution is 6.03. The number of amides is 1. The van der Waals surface area contributed by atoms with Crippen LogP contribution < -0.4 is 10.6 Å². The van der Waals surface area contributed by atoms with E-state index >= 15 is 0 Å². The Bertz CT molecular complexity index is 1010. The minimum atomic E-state index is -4.86. The number of carbonyl (C=O) groups excluding carboxylic acids is 1. The maximum absolute atomic E-state index is 13.4. The molecule has 0 spiro atoms. The van der Waals surface area contributed by atoms with Crippen molar-refractivity contribution in [3.05, 3.63) is 65.8 Å². The Balaban J connectivity index is 1.56. The van der Waals surface area contributed by atoms with E-state index in [0.717, 1.165) is 31.6 Å². The van der Waals surface area contributed by atoms with Crippen molar-refractivity contribution in [1.82, 2.24) is 15.3 Å². The standard InChI is InChI=1S/C21H19F3N4O2/c22-21(23,24)18-17(28-20(30-18)14-4-2-1-3-5-14)19(29)27-15-6-7-16(26-12-15)13-8-10-25-11-9-13/h1-7,12-13,25H,8-11H2,(H,27,29). The zero-order valence-corrected chi connectivity index (χ0v) is 15.9. The smallest absolute Gasteiger partial charge is 0.431 e. The van der Waals surface area contributed by atoms with Gasteiger partial charge in [0.15, 0.2) is 5.69 Å². The number of halogens is 3. The molecule has 1 saturated heterocycles. The van der Waals surface area contributed by atoms with Gasteiger partial charge in [-0.15, -0.1) is 0 Å². The van der Waals surface area contributed by atoms with Crippen LogP contribution in [0.2, 0.25) is 0 Å². The molecule has 1 aromatic carbocycles. The van der Waals surface area contributed by atoms with Gasteiger partial charge in [0, 0.05) is 17.2 Å². The minimum absolute atomic E-state index is 0.271. The van der Waals surface area contributed by atoms with E-state index in [0.29, 0.717) is 11.5 Å². The van der Waals surface area contributed by atoms with Gasteiger partial charge >= 0.3 is 6.18 Å². The molecular formula is C21H19F3N4O2. The Kier molecular flexibility index (Phi) is 5.54. The molecule has 0 aliphatic carbocycles. The molecule has 0 saturated carbocycles. The third-order valence-electron chi connectivity index (χ3n) is 4.92. The molecule has 0 unspecified atom stereocenters. The van der Waals surface area contributed by atoms with Crippen molar-refractivity contribution in [2.24, 2.45) is 0 Å². The van der Waals surface area contributed by atoms with E-state index in [1.54, 1.807) is 42.5 Å². The Morgan fingerprint density at radius 1 is 1.10 bits per heavy atom. The second-order valence-corrected chi connectivity index (χ2v) is 7.01. The van der Waals surface area contributed by atoms with Gasteiger partial charge in [-0.1, -0.05) is 18.2 Å². The zero-order chi connectivity index (χ0) is 21.1. The van der Waals surface area contributed by atoms with Gasteiger partial charge in [-0.2, -0.15) is 13.2 Å². The second kappa shape index (κ2) is 8.27. The number of piperidine rings is 1. The summed E-state index contributed by atoms with van der Waals surface area (Å²) in [4.78, 5) is 20.7. The summed E-state index contributed by atoms with van der Waals surface area (Å²) in [5, 5.41) is 5.71. The lowest BCUT2D eigenvalue weighted by atomic mass is 9.94. The Labute approximate surface area is 170 Å². The van der Waals surface area contributed by atoms with Gasteiger partial charge in [0.1, 0.15) is 0 Å². The quantitative estimate of drug-likeness (QED) is 0.656. The number of aromatic nitrogens is 2. The van der Waals surface area contributed by atoms with Crippen LogP contribution >= 0.6 is 0 Å². The Morgan fingerprint density at radius 2 is 1.83 bits per heavy atom. The first-order chi connectivity index (χ1) is 14.4. The van der Waals surface area contributed by atoms with Crippen molar-refractivity contribution in [3.63, 3.8) is 0 Å². The lowest BCUT2D eigenvalue weighted by Crippen LogP contribution is -2.27. The monoisotopic (exact) mass is 416 g/mol.